The highest BCUT2D eigenvalue weighted by Gasteiger charge is 2.36. The Balaban J connectivity index is 1.57. The molecule has 0 fully saturated rings. The largest absolute Gasteiger partial charge is 0.496 e. The summed E-state index contributed by atoms with van der Waals surface area (Å²) in [5.74, 6) is 0.252. The number of carbonyl (C=O) groups excluding carboxylic acids is 2. The van der Waals surface area contributed by atoms with Crippen LogP contribution in [-0.2, 0) is 11.2 Å². The summed E-state index contributed by atoms with van der Waals surface area (Å²) in [5.41, 5.74) is 0.870. The van der Waals surface area contributed by atoms with Crippen molar-refractivity contribution < 1.29 is 23.5 Å². The predicted molar refractivity (Wildman–Crippen MR) is 138 cm³/mol. The summed E-state index contributed by atoms with van der Waals surface area (Å²) in [4.78, 5) is 31.9. The number of amides is 2. The number of carbonyl (C=O) groups is 2. The summed E-state index contributed by atoms with van der Waals surface area (Å²) in [6.45, 7) is 6.43. The Bertz CT molecular complexity index is 1220. The summed E-state index contributed by atoms with van der Waals surface area (Å²) < 4.78 is 24.7. The molecule has 4 rings (SSSR count). The van der Waals surface area contributed by atoms with Gasteiger partial charge in [-0.25, -0.2) is 4.39 Å². The zero-order chi connectivity index (χ0) is 25.9. The van der Waals surface area contributed by atoms with Crippen LogP contribution in [0.15, 0.2) is 60.0 Å². The van der Waals surface area contributed by atoms with E-state index in [0.29, 0.717) is 23.6 Å². The van der Waals surface area contributed by atoms with E-state index in [9.17, 15) is 14.0 Å². The number of rotatable bonds is 7. The molecule has 1 aromatic heterocycles. The molecule has 0 aliphatic carbocycles. The molecule has 190 valence electrons. The average Bonchev–Trinajstić information content (AvgIpc) is 3.34. The van der Waals surface area contributed by atoms with Crippen molar-refractivity contribution in [3.05, 3.63) is 81.8 Å². The van der Waals surface area contributed by atoms with E-state index in [1.165, 1.54) is 24.1 Å². The third-order valence-electron chi connectivity index (χ3n) is 6.32. The van der Waals surface area contributed by atoms with Crippen LogP contribution >= 0.6 is 11.3 Å². The van der Waals surface area contributed by atoms with Gasteiger partial charge in [0.15, 0.2) is 0 Å². The molecule has 0 unspecified atom stereocenters. The number of hydrogen-bond acceptors (Lipinski definition) is 5. The minimum atomic E-state index is -0.600. The van der Waals surface area contributed by atoms with Gasteiger partial charge in [0.05, 0.1) is 18.7 Å². The maximum Gasteiger partial charge on any atom is 0.258 e. The third-order valence-corrected chi connectivity index (χ3v) is 7.32. The van der Waals surface area contributed by atoms with Crippen molar-refractivity contribution in [3.8, 4) is 11.5 Å². The van der Waals surface area contributed by atoms with Crippen molar-refractivity contribution in [1.29, 1.82) is 0 Å². The van der Waals surface area contributed by atoms with Gasteiger partial charge in [-0.3, -0.25) is 9.59 Å². The molecule has 1 aliphatic heterocycles. The van der Waals surface area contributed by atoms with Gasteiger partial charge in [-0.2, -0.15) is 0 Å². The standard InChI is InChI=1S/C28H31FN2O4S/c1-28(2,3)31(27(33)22-7-5-6-8-24(22)34-4)17-26(32)30-15-13-25-21(14-16-36-25)23(30)18-35-20-11-9-19(29)10-12-20/h5-12,14,16,23H,13,15,17-18H2,1-4H3/t23-/m1/s1. The van der Waals surface area contributed by atoms with Crippen LogP contribution in [0.25, 0.3) is 0 Å². The second-order valence-electron chi connectivity index (χ2n) is 9.68. The lowest BCUT2D eigenvalue weighted by Crippen LogP contribution is -2.53. The number of para-hydroxylation sites is 1. The predicted octanol–water partition coefficient (Wildman–Crippen LogP) is 5.34. The summed E-state index contributed by atoms with van der Waals surface area (Å²) in [5, 5.41) is 2.02. The van der Waals surface area contributed by atoms with E-state index in [1.54, 1.807) is 57.5 Å². The van der Waals surface area contributed by atoms with Gasteiger partial charge in [-0.05, 0) is 80.6 Å². The molecule has 0 N–H and O–H groups in total. The number of methoxy groups -OCH3 is 1. The molecule has 8 heteroatoms. The van der Waals surface area contributed by atoms with E-state index < -0.39 is 5.54 Å². The van der Waals surface area contributed by atoms with Crippen LogP contribution in [-0.4, -0.2) is 54.0 Å². The van der Waals surface area contributed by atoms with Crippen LogP contribution in [0.1, 0.15) is 47.6 Å². The Morgan fingerprint density at radius 2 is 1.83 bits per heavy atom. The average molecular weight is 511 g/mol. The van der Waals surface area contributed by atoms with E-state index in [-0.39, 0.29) is 36.8 Å². The highest BCUT2D eigenvalue weighted by molar-refractivity contribution is 7.10. The molecule has 0 bridgehead atoms. The molecule has 36 heavy (non-hydrogen) atoms. The number of thiophene rings is 1. The molecule has 1 atom stereocenters. The fourth-order valence-electron chi connectivity index (χ4n) is 4.39. The second kappa shape index (κ2) is 10.7. The fourth-order valence-corrected chi connectivity index (χ4v) is 5.32. The lowest BCUT2D eigenvalue weighted by molar-refractivity contribution is -0.136. The van der Waals surface area contributed by atoms with Gasteiger partial charge < -0.3 is 19.3 Å². The molecular weight excluding hydrogens is 479 g/mol. The molecule has 2 heterocycles. The van der Waals surface area contributed by atoms with Gasteiger partial charge in [-0.1, -0.05) is 12.1 Å². The number of halogens is 1. The van der Waals surface area contributed by atoms with Crippen LogP contribution in [0.2, 0.25) is 0 Å². The summed E-state index contributed by atoms with van der Waals surface area (Å²) >= 11 is 1.67. The number of fused-ring (bicyclic) bond motifs is 1. The number of ether oxygens (including phenoxy) is 2. The zero-order valence-electron chi connectivity index (χ0n) is 21.0. The van der Waals surface area contributed by atoms with E-state index in [4.69, 9.17) is 9.47 Å². The molecule has 0 radical (unpaired) electrons. The molecule has 0 saturated heterocycles. The summed E-state index contributed by atoms with van der Waals surface area (Å²) in [6.07, 6.45) is 0.752. The van der Waals surface area contributed by atoms with Crippen LogP contribution in [0.5, 0.6) is 11.5 Å². The fraction of sp³-hybridized carbons (Fsp3) is 0.357. The maximum atomic E-state index is 13.7. The zero-order valence-corrected chi connectivity index (χ0v) is 21.8. The van der Waals surface area contributed by atoms with Gasteiger partial charge in [0.1, 0.15) is 30.5 Å². The summed E-state index contributed by atoms with van der Waals surface area (Å²) in [6, 6.07) is 14.6. The lowest BCUT2D eigenvalue weighted by Gasteiger charge is -2.40. The Kier molecular flexibility index (Phi) is 7.64. The van der Waals surface area contributed by atoms with Crippen LogP contribution in [0.3, 0.4) is 0 Å². The highest BCUT2D eigenvalue weighted by Crippen LogP contribution is 2.34. The van der Waals surface area contributed by atoms with Gasteiger partial charge >= 0.3 is 0 Å². The maximum absolute atomic E-state index is 13.7. The van der Waals surface area contributed by atoms with E-state index in [2.05, 4.69) is 0 Å². The lowest BCUT2D eigenvalue weighted by atomic mass is 9.99. The van der Waals surface area contributed by atoms with Gasteiger partial charge in [-0.15, -0.1) is 11.3 Å². The molecule has 2 aromatic carbocycles. The van der Waals surface area contributed by atoms with Gasteiger partial charge in [0, 0.05) is 17.0 Å². The first-order chi connectivity index (χ1) is 17.2. The van der Waals surface area contributed by atoms with Crippen molar-refractivity contribution in [2.75, 3.05) is 26.8 Å². The summed E-state index contributed by atoms with van der Waals surface area (Å²) in [7, 11) is 1.52. The van der Waals surface area contributed by atoms with Crippen molar-refractivity contribution in [2.24, 2.45) is 0 Å². The molecular formula is C28H31FN2O4S. The van der Waals surface area contributed by atoms with Crippen LogP contribution < -0.4 is 9.47 Å². The van der Waals surface area contributed by atoms with Gasteiger partial charge in [0.2, 0.25) is 5.91 Å². The van der Waals surface area contributed by atoms with Crippen molar-refractivity contribution in [1.82, 2.24) is 9.80 Å². The third kappa shape index (κ3) is 5.54. The first kappa shape index (κ1) is 25.7. The molecule has 0 spiro atoms. The number of hydrogen-bond donors (Lipinski definition) is 0. The number of nitrogens with zero attached hydrogens (tertiary/aromatic N) is 2. The van der Waals surface area contributed by atoms with Crippen molar-refractivity contribution >= 4 is 23.2 Å². The second-order valence-corrected chi connectivity index (χ2v) is 10.7. The SMILES string of the molecule is COc1ccccc1C(=O)N(CC(=O)N1CCc2sccc2[C@H]1COc1ccc(F)cc1)C(C)(C)C. The Morgan fingerprint density at radius 3 is 2.53 bits per heavy atom. The smallest absolute Gasteiger partial charge is 0.258 e. The first-order valence-electron chi connectivity index (χ1n) is 11.9. The van der Waals surface area contributed by atoms with Gasteiger partial charge in [0.25, 0.3) is 5.91 Å². The first-order valence-corrected chi connectivity index (χ1v) is 12.8. The van der Waals surface area contributed by atoms with E-state index >= 15 is 0 Å². The Hall–Kier alpha value is -3.39. The number of benzene rings is 2. The Labute approximate surface area is 215 Å². The van der Waals surface area contributed by atoms with Crippen molar-refractivity contribution in [3.63, 3.8) is 0 Å². The molecule has 0 saturated carbocycles. The monoisotopic (exact) mass is 510 g/mol. The van der Waals surface area contributed by atoms with E-state index in [1.807, 2.05) is 32.2 Å². The minimum absolute atomic E-state index is 0.0765. The van der Waals surface area contributed by atoms with Crippen LogP contribution in [0.4, 0.5) is 4.39 Å². The molecule has 2 amide bonds. The van der Waals surface area contributed by atoms with E-state index in [0.717, 1.165) is 12.0 Å². The Morgan fingerprint density at radius 1 is 1.11 bits per heavy atom. The van der Waals surface area contributed by atoms with Crippen LogP contribution in [0, 0.1) is 5.82 Å². The molecule has 1 aliphatic rings. The quantitative estimate of drug-likeness (QED) is 0.431. The molecule has 3 aromatic rings. The minimum Gasteiger partial charge on any atom is -0.496 e. The normalized spacial score (nSPS) is 15.2. The topological polar surface area (TPSA) is 59.1 Å². The molecule has 6 nitrogen and oxygen atoms in total. The van der Waals surface area contributed by atoms with Crippen molar-refractivity contribution in [2.45, 2.75) is 38.8 Å². The highest BCUT2D eigenvalue weighted by atomic mass is 32.1.